The minimum Gasteiger partial charge on any atom is -0.489 e. The number of nitrogens with one attached hydrogen (secondary N) is 1. The topological polar surface area (TPSA) is 95.9 Å². The Bertz CT molecular complexity index is 687. The van der Waals surface area contributed by atoms with Crippen molar-refractivity contribution in [3.63, 3.8) is 0 Å². The summed E-state index contributed by atoms with van der Waals surface area (Å²) in [7, 11) is 0. The van der Waals surface area contributed by atoms with Gasteiger partial charge in [0.05, 0.1) is 17.3 Å². The normalized spacial score (nSPS) is 16.6. The Balaban J connectivity index is 2.09. The minimum atomic E-state index is -1.08. The predicted molar refractivity (Wildman–Crippen MR) is 97.4 cm³/mol. The molecule has 1 fully saturated rings. The maximum Gasteiger partial charge on any atom is 0.335 e. The van der Waals surface area contributed by atoms with Gasteiger partial charge in [-0.2, -0.15) is 0 Å². The molecular formula is C19H26N2O5. The van der Waals surface area contributed by atoms with Crippen LogP contribution in [0.5, 0.6) is 5.75 Å². The third kappa shape index (κ3) is 5.21. The number of nitrogens with zero attached hydrogens (tertiary/aromatic N) is 1. The monoisotopic (exact) mass is 362 g/mol. The first kappa shape index (κ1) is 19.8. The van der Waals surface area contributed by atoms with Gasteiger partial charge in [0.15, 0.2) is 0 Å². The van der Waals surface area contributed by atoms with E-state index in [1.54, 1.807) is 0 Å². The molecule has 1 aliphatic heterocycles. The lowest BCUT2D eigenvalue weighted by molar-refractivity contribution is -0.133. The van der Waals surface area contributed by atoms with Crippen molar-refractivity contribution in [2.75, 3.05) is 18.5 Å². The molecule has 1 aromatic rings. The zero-order chi connectivity index (χ0) is 19.3. The van der Waals surface area contributed by atoms with Crippen molar-refractivity contribution in [1.29, 1.82) is 0 Å². The van der Waals surface area contributed by atoms with Crippen LogP contribution in [-0.2, 0) is 9.59 Å². The van der Waals surface area contributed by atoms with Crippen molar-refractivity contribution in [2.45, 2.75) is 46.1 Å². The maximum absolute atomic E-state index is 12.4. The van der Waals surface area contributed by atoms with E-state index in [4.69, 9.17) is 9.84 Å². The highest BCUT2D eigenvalue weighted by Crippen LogP contribution is 2.28. The van der Waals surface area contributed by atoms with Gasteiger partial charge in [0.25, 0.3) is 0 Å². The molecule has 1 aromatic carbocycles. The number of rotatable bonds is 7. The number of aromatic carboxylic acids is 1. The van der Waals surface area contributed by atoms with Crippen LogP contribution >= 0.6 is 0 Å². The van der Waals surface area contributed by atoms with Crippen molar-refractivity contribution < 1.29 is 24.2 Å². The van der Waals surface area contributed by atoms with Gasteiger partial charge in [0.1, 0.15) is 12.4 Å². The van der Waals surface area contributed by atoms with Crippen LogP contribution < -0.4 is 10.1 Å². The number of carbonyl (C=O) groups excluding carboxylic acids is 2. The molecule has 26 heavy (non-hydrogen) atoms. The van der Waals surface area contributed by atoms with Crippen molar-refractivity contribution in [2.24, 2.45) is 5.92 Å². The average molecular weight is 362 g/mol. The molecule has 142 valence electrons. The van der Waals surface area contributed by atoms with Crippen LogP contribution in [-0.4, -0.2) is 47.0 Å². The van der Waals surface area contributed by atoms with Crippen molar-refractivity contribution in [3.05, 3.63) is 23.8 Å². The van der Waals surface area contributed by atoms with Crippen molar-refractivity contribution in [3.8, 4) is 5.75 Å². The van der Waals surface area contributed by atoms with Crippen LogP contribution in [0.2, 0.25) is 0 Å². The van der Waals surface area contributed by atoms with Crippen molar-refractivity contribution >= 4 is 23.5 Å². The maximum atomic E-state index is 12.4. The van der Waals surface area contributed by atoms with Crippen LogP contribution in [0.4, 0.5) is 5.69 Å². The molecular weight excluding hydrogens is 336 g/mol. The van der Waals surface area contributed by atoms with E-state index in [-0.39, 0.29) is 23.4 Å². The Morgan fingerprint density at radius 3 is 2.69 bits per heavy atom. The molecule has 7 nitrogen and oxygen atoms in total. The van der Waals surface area contributed by atoms with Gasteiger partial charge in [0, 0.05) is 19.9 Å². The second-order valence-electron chi connectivity index (χ2n) is 6.99. The number of carboxylic acids is 1. The van der Waals surface area contributed by atoms with E-state index < -0.39 is 5.97 Å². The lowest BCUT2D eigenvalue weighted by atomic mass is 10.1. The smallest absolute Gasteiger partial charge is 0.335 e. The lowest BCUT2D eigenvalue weighted by Crippen LogP contribution is -2.39. The Hall–Kier alpha value is -2.57. The van der Waals surface area contributed by atoms with Gasteiger partial charge >= 0.3 is 5.97 Å². The molecule has 2 amide bonds. The standard InChI is InChI=1S/C19H26N2O5/c1-12(2)9-18(23)21-8-4-5-15(21)11-26-17-7-6-14(19(24)25)10-16(17)20-13(3)22/h6-7,10,12,15H,4-5,8-9,11H2,1-3H3,(H,20,22)(H,24,25). The Kier molecular flexibility index (Phi) is 6.60. The van der Waals surface area contributed by atoms with Gasteiger partial charge in [-0.25, -0.2) is 4.79 Å². The third-order valence-corrected chi connectivity index (χ3v) is 4.25. The first-order valence-corrected chi connectivity index (χ1v) is 8.85. The molecule has 1 saturated heterocycles. The number of benzene rings is 1. The summed E-state index contributed by atoms with van der Waals surface area (Å²) in [6.07, 6.45) is 2.32. The summed E-state index contributed by atoms with van der Waals surface area (Å²) in [5.41, 5.74) is 0.381. The van der Waals surface area contributed by atoms with Gasteiger partial charge in [-0.3, -0.25) is 9.59 Å². The van der Waals surface area contributed by atoms with E-state index in [1.165, 1.54) is 25.1 Å². The van der Waals surface area contributed by atoms with E-state index in [0.717, 1.165) is 19.4 Å². The molecule has 0 saturated carbocycles. The van der Waals surface area contributed by atoms with Crippen molar-refractivity contribution in [1.82, 2.24) is 4.90 Å². The molecule has 2 N–H and O–H groups in total. The number of hydrogen-bond acceptors (Lipinski definition) is 4. The summed E-state index contributed by atoms with van der Waals surface area (Å²) in [6.45, 7) is 6.42. The Labute approximate surface area is 153 Å². The van der Waals surface area contributed by atoms with Gasteiger partial charge in [-0.05, 0) is 37.0 Å². The lowest BCUT2D eigenvalue weighted by Gasteiger charge is -2.26. The van der Waals surface area contributed by atoms with E-state index in [1.807, 2.05) is 18.7 Å². The fraction of sp³-hybridized carbons (Fsp3) is 0.526. The SMILES string of the molecule is CC(=O)Nc1cc(C(=O)O)ccc1OCC1CCCN1C(=O)CC(C)C. The molecule has 0 radical (unpaired) electrons. The Morgan fingerprint density at radius 2 is 2.08 bits per heavy atom. The van der Waals surface area contributed by atoms with Crippen LogP contribution in [0, 0.1) is 5.92 Å². The molecule has 7 heteroatoms. The molecule has 0 aliphatic carbocycles. The number of carboxylic acid groups (broad SMARTS) is 1. The summed E-state index contributed by atoms with van der Waals surface area (Å²) >= 11 is 0. The molecule has 0 spiro atoms. The van der Waals surface area contributed by atoms with E-state index in [0.29, 0.717) is 30.4 Å². The van der Waals surface area contributed by atoms with Crippen LogP contribution in [0.3, 0.4) is 0 Å². The highest BCUT2D eigenvalue weighted by atomic mass is 16.5. The highest BCUT2D eigenvalue weighted by molar-refractivity contribution is 5.94. The molecule has 1 heterocycles. The van der Waals surface area contributed by atoms with E-state index >= 15 is 0 Å². The average Bonchev–Trinajstić information content (AvgIpc) is 3.01. The van der Waals surface area contributed by atoms with E-state index in [2.05, 4.69) is 5.32 Å². The number of amides is 2. The van der Waals surface area contributed by atoms with Crippen LogP contribution in [0.15, 0.2) is 18.2 Å². The Morgan fingerprint density at radius 1 is 1.35 bits per heavy atom. The highest BCUT2D eigenvalue weighted by Gasteiger charge is 2.29. The molecule has 1 aliphatic rings. The second-order valence-corrected chi connectivity index (χ2v) is 6.99. The van der Waals surface area contributed by atoms with Gasteiger partial charge in [-0.1, -0.05) is 13.8 Å². The summed E-state index contributed by atoms with van der Waals surface area (Å²) in [4.78, 5) is 36.7. The first-order valence-electron chi connectivity index (χ1n) is 8.85. The second kappa shape index (κ2) is 8.69. The number of anilines is 1. The number of likely N-dealkylation sites (tertiary alicyclic amines) is 1. The largest absolute Gasteiger partial charge is 0.489 e. The summed E-state index contributed by atoms with van der Waals surface area (Å²) in [5.74, 6) is -0.557. The van der Waals surface area contributed by atoms with Gasteiger partial charge in [0.2, 0.25) is 11.8 Å². The van der Waals surface area contributed by atoms with Gasteiger partial charge in [-0.15, -0.1) is 0 Å². The summed E-state index contributed by atoms with van der Waals surface area (Å²) in [6, 6.07) is 4.32. The van der Waals surface area contributed by atoms with Crippen LogP contribution in [0.1, 0.15) is 50.4 Å². The first-order chi connectivity index (χ1) is 12.3. The van der Waals surface area contributed by atoms with Crippen LogP contribution in [0.25, 0.3) is 0 Å². The zero-order valence-corrected chi connectivity index (χ0v) is 15.4. The zero-order valence-electron chi connectivity index (χ0n) is 15.4. The molecule has 1 unspecified atom stereocenters. The van der Waals surface area contributed by atoms with Gasteiger partial charge < -0.3 is 20.1 Å². The molecule has 0 bridgehead atoms. The number of hydrogen-bond donors (Lipinski definition) is 2. The quantitative estimate of drug-likeness (QED) is 0.777. The fourth-order valence-electron chi connectivity index (χ4n) is 3.07. The minimum absolute atomic E-state index is 0.00872. The summed E-state index contributed by atoms with van der Waals surface area (Å²) < 4.78 is 5.84. The third-order valence-electron chi connectivity index (χ3n) is 4.25. The molecule has 1 atom stereocenters. The summed E-state index contributed by atoms with van der Waals surface area (Å²) in [5, 5.41) is 11.7. The molecule has 0 aromatic heterocycles. The molecule has 2 rings (SSSR count). The predicted octanol–water partition coefficient (Wildman–Crippen LogP) is 2.76. The van der Waals surface area contributed by atoms with E-state index in [9.17, 15) is 14.4 Å². The number of carbonyl (C=O) groups is 3. The number of ether oxygens (including phenoxy) is 1. The fourth-order valence-corrected chi connectivity index (χ4v) is 3.07.